The molecule has 1 rings (SSSR count). The van der Waals surface area contributed by atoms with Gasteiger partial charge in [0.25, 0.3) is 0 Å². The number of carboxylic acid groups (broad SMARTS) is 1. The lowest BCUT2D eigenvalue weighted by molar-refractivity contribution is -0.138. The Hall–Kier alpha value is -1.46. The van der Waals surface area contributed by atoms with Crippen molar-refractivity contribution in [2.75, 3.05) is 0 Å². The van der Waals surface area contributed by atoms with Gasteiger partial charge in [-0.05, 0) is 23.8 Å². The van der Waals surface area contributed by atoms with Gasteiger partial charge >= 0.3 is 5.97 Å². The molecule has 0 amide bonds. The molecule has 1 unspecified atom stereocenters. The van der Waals surface area contributed by atoms with Gasteiger partial charge in [-0.25, -0.2) is 4.68 Å². The monoisotopic (exact) mass is 198 g/mol. The first-order valence-electron chi connectivity index (χ1n) is 4.61. The van der Waals surface area contributed by atoms with Crippen molar-refractivity contribution >= 4 is 5.97 Å². The third-order valence-corrected chi connectivity index (χ3v) is 2.04. The molecule has 0 spiro atoms. The molecule has 0 aliphatic carbocycles. The van der Waals surface area contributed by atoms with Gasteiger partial charge in [0.15, 0.2) is 0 Å². The number of carboxylic acids is 1. The van der Waals surface area contributed by atoms with Crippen LogP contribution in [0, 0.1) is 6.92 Å². The number of nitrogens with zero attached hydrogens (tertiary/aromatic N) is 4. The molecule has 0 aliphatic rings. The van der Waals surface area contributed by atoms with E-state index < -0.39 is 5.97 Å². The van der Waals surface area contributed by atoms with Crippen LogP contribution in [0.4, 0.5) is 0 Å². The second-order valence-corrected chi connectivity index (χ2v) is 3.21. The molecular weight excluding hydrogens is 184 g/mol. The number of aromatic nitrogens is 4. The average molecular weight is 198 g/mol. The molecule has 1 N–H and O–H groups in total. The van der Waals surface area contributed by atoms with E-state index in [0.717, 1.165) is 12.8 Å². The van der Waals surface area contributed by atoms with E-state index in [1.54, 1.807) is 11.6 Å². The highest BCUT2D eigenvalue weighted by Crippen LogP contribution is 2.17. The number of tetrazole rings is 1. The van der Waals surface area contributed by atoms with E-state index in [1.807, 2.05) is 6.92 Å². The van der Waals surface area contributed by atoms with Gasteiger partial charge in [0, 0.05) is 0 Å². The average Bonchev–Trinajstić information content (AvgIpc) is 2.50. The molecule has 14 heavy (non-hydrogen) atoms. The van der Waals surface area contributed by atoms with Gasteiger partial charge in [0.1, 0.15) is 5.82 Å². The van der Waals surface area contributed by atoms with Crippen LogP contribution in [-0.2, 0) is 4.79 Å². The highest BCUT2D eigenvalue weighted by molar-refractivity contribution is 5.67. The summed E-state index contributed by atoms with van der Waals surface area (Å²) >= 11 is 0. The minimum absolute atomic E-state index is 0.0692. The smallest absolute Gasteiger partial charge is 0.305 e. The van der Waals surface area contributed by atoms with Crippen LogP contribution >= 0.6 is 0 Å². The minimum atomic E-state index is -0.821. The van der Waals surface area contributed by atoms with Crippen molar-refractivity contribution in [3.63, 3.8) is 0 Å². The van der Waals surface area contributed by atoms with Crippen LogP contribution in [0.1, 0.15) is 38.1 Å². The van der Waals surface area contributed by atoms with Gasteiger partial charge in [0.05, 0.1) is 12.5 Å². The summed E-state index contributed by atoms with van der Waals surface area (Å²) in [6.45, 7) is 3.78. The molecule has 6 heteroatoms. The first-order chi connectivity index (χ1) is 6.65. The minimum Gasteiger partial charge on any atom is -0.481 e. The van der Waals surface area contributed by atoms with Crippen LogP contribution in [0.25, 0.3) is 0 Å². The van der Waals surface area contributed by atoms with Crippen molar-refractivity contribution in [3.8, 4) is 0 Å². The number of carbonyl (C=O) groups is 1. The lowest BCUT2D eigenvalue weighted by atomic mass is 10.1. The van der Waals surface area contributed by atoms with Gasteiger partial charge < -0.3 is 5.11 Å². The summed E-state index contributed by atoms with van der Waals surface area (Å²) < 4.78 is 1.58. The Labute approximate surface area is 81.9 Å². The largest absolute Gasteiger partial charge is 0.481 e. The maximum absolute atomic E-state index is 10.6. The van der Waals surface area contributed by atoms with Gasteiger partial charge in [-0.15, -0.1) is 5.10 Å². The zero-order chi connectivity index (χ0) is 10.6. The summed E-state index contributed by atoms with van der Waals surface area (Å²) in [5, 5.41) is 19.7. The second kappa shape index (κ2) is 4.69. The second-order valence-electron chi connectivity index (χ2n) is 3.21. The topological polar surface area (TPSA) is 80.9 Å². The molecule has 78 valence electrons. The van der Waals surface area contributed by atoms with E-state index in [9.17, 15) is 4.79 Å². The summed E-state index contributed by atoms with van der Waals surface area (Å²) in [5.41, 5.74) is 0. The first kappa shape index (κ1) is 10.6. The number of hydrogen-bond acceptors (Lipinski definition) is 4. The van der Waals surface area contributed by atoms with E-state index in [4.69, 9.17) is 5.11 Å². The van der Waals surface area contributed by atoms with Crippen molar-refractivity contribution in [1.82, 2.24) is 20.2 Å². The van der Waals surface area contributed by atoms with Crippen molar-refractivity contribution < 1.29 is 9.90 Å². The molecule has 0 saturated heterocycles. The molecule has 1 atom stereocenters. The van der Waals surface area contributed by atoms with Crippen LogP contribution in [-0.4, -0.2) is 31.3 Å². The maximum atomic E-state index is 10.6. The number of aliphatic carboxylic acids is 1. The number of rotatable bonds is 5. The van der Waals surface area contributed by atoms with Gasteiger partial charge in [0.2, 0.25) is 0 Å². The predicted molar refractivity (Wildman–Crippen MR) is 48.8 cm³/mol. The lowest BCUT2D eigenvalue weighted by Crippen LogP contribution is -2.16. The molecule has 0 aliphatic heterocycles. The zero-order valence-corrected chi connectivity index (χ0v) is 8.34. The Kier molecular flexibility index (Phi) is 3.55. The Balaban J connectivity index is 2.77. The van der Waals surface area contributed by atoms with Crippen molar-refractivity contribution in [2.45, 2.75) is 39.2 Å². The molecule has 6 nitrogen and oxygen atoms in total. The van der Waals surface area contributed by atoms with Gasteiger partial charge in [-0.3, -0.25) is 4.79 Å². The Bertz CT molecular complexity index is 310. The summed E-state index contributed by atoms with van der Waals surface area (Å²) in [6.07, 6.45) is 1.76. The normalized spacial score (nSPS) is 12.7. The summed E-state index contributed by atoms with van der Waals surface area (Å²) in [4.78, 5) is 10.6. The fraction of sp³-hybridized carbons (Fsp3) is 0.750. The van der Waals surface area contributed by atoms with E-state index in [-0.39, 0.29) is 12.5 Å². The van der Waals surface area contributed by atoms with Crippen molar-refractivity contribution in [3.05, 3.63) is 5.82 Å². The molecule has 1 heterocycles. The van der Waals surface area contributed by atoms with Crippen LogP contribution in [0.2, 0.25) is 0 Å². The molecule has 0 bridgehead atoms. The molecule has 0 saturated carbocycles. The molecule has 0 aromatic carbocycles. The molecule has 1 aromatic rings. The molecular formula is C8H14N4O2. The Morgan fingerprint density at radius 2 is 2.36 bits per heavy atom. The van der Waals surface area contributed by atoms with Crippen LogP contribution in [0.15, 0.2) is 0 Å². The highest BCUT2D eigenvalue weighted by atomic mass is 16.4. The molecule has 0 radical (unpaired) electrons. The van der Waals surface area contributed by atoms with Crippen LogP contribution < -0.4 is 0 Å². The first-order valence-corrected chi connectivity index (χ1v) is 4.61. The van der Waals surface area contributed by atoms with Crippen molar-refractivity contribution in [1.29, 1.82) is 0 Å². The molecule has 1 aromatic heterocycles. The van der Waals surface area contributed by atoms with Gasteiger partial charge in [-0.2, -0.15) is 0 Å². The fourth-order valence-electron chi connectivity index (χ4n) is 1.42. The SMILES string of the molecule is CCCC(CC(=O)O)n1nnnc1C. The number of aryl methyl sites for hydroxylation is 1. The third-order valence-electron chi connectivity index (χ3n) is 2.04. The zero-order valence-electron chi connectivity index (χ0n) is 8.34. The Morgan fingerprint density at radius 3 is 2.79 bits per heavy atom. The summed E-state index contributed by atoms with van der Waals surface area (Å²) in [7, 11) is 0. The quantitative estimate of drug-likeness (QED) is 0.756. The number of hydrogen-bond donors (Lipinski definition) is 1. The van der Waals surface area contributed by atoms with Gasteiger partial charge in [-0.1, -0.05) is 13.3 Å². The van der Waals surface area contributed by atoms with Crippen LogP contribution in [0.3, 0.4) is 0 Å². The summed E-state index contributed by atoms with van der Waals surface area (Å²) in [5.74, 6) is -0.164. The standard InChI is InChI=1S/C8H14N4O2/c1-3-4-7(5-8(13)14)12-6(2)9-10-11-12/h7H,3-5H2,1-2H3,(H,13,14). The predicted octanol–water partition coefficient (Wildman–Crippen LogP) is 0.797. The van der Waals surface area contributed by atoms with E-state index in [1.165, 1.54) is 0 Å². The molecule has 0 fully saturated rings. The Morgan fingerprint density at radius 1 is 1.64 bits per heavy atom. The highest BCUT2D eigenvalue weighted by Gasteiger charge is 2.17. The van der Waals surface area contributed by atoms with E-state index in [0.29, 0.717) is 5.82 Å². The van der Waals surface area contributed by atoms with E-state index >= 15 is 0 Å². The van der Waals surface area contributed by atoms with Crippen LogP contribution in [0.5, 0.6) is 0 Å². The lowest BCUT2D eigenvalue weighted by Gasteiger charge is -2.13. The maximum Gasteiger partial charge on any atom is 0.305 e. The van der Waals surface area contributed by atoms with Crippen molar-refractivity contribution in [2.24, 2.45) is 0 Å². The van der Waals surface area contributed by atoms with E-state index in [2.05, 4.69) is 15.5 Å². The summed E-state index contributed by atoms with van der Waals surface area (Å²) in [6, 6.07) is -0.132. The third kappa shape index (κ3) is 2.51. The fourth-order valence-corrected chi connectivity index (χ4v) is 1.42.